The quantitative estimate of drug-likeness (QED) is 0.730. The van der Waals surface area contributed by atoms with Gasteiger partial charge < -0.3 is 20.5 Å². The van der Waals surface area contributed by atoms with E-state index >= 15 is 0 Å². The van der Waals surface area contributed by atoms with Crippen LogP contribution in [0.25, 0.3) is 6.08 Å². The maximum absolute atomic E-state index is 12.3. The molecule has 2 aromatic carbocycles. The third-order valence-electron chi connectivity index (χ3n) is 3.77. The first-order valence-electron chi connectivity index (χ1n) is 8.40. The van der Waals surface area contributed by atoms with Crippen molar-refractivity contribution >= 4 is 40.5 Å². The molecule has 1 fully saturated rings. The van der Waals surface area contributed by atoms with E-state index in [1.807, 2.05) is 25.1 Å². The molecule has 0 aliphatic carbocycles. The molecule has 8 heteroatoms. The predicted molar refractivity (Wildman–Crippen MR) is 110 cm³/mol. The molecule has 0 spiro atoms. The number of hydrogen-bond donors (Lipinski definition) is 2. The zero-order valence-electron chi connectivity index (χ0n) is 15.4. The summed E-state index contributed by atoms with van der Waals surface area (Å²) in [5, 5.41) is 3.25. The van der Waals surface area contributed by atoms with E-state index in [1.54, 1.807) is 37.5 Å². The van der Waals surface area contributed by atoms with Crippen LogP contribution in [-0.2, 0) is 9.59 Å². The van der Waals surface area contributed by atoms with Gasteiger partial charge in [0.2, 0.25) is 0 Å². The maximum atomic E-state index is 12.3. The zero-order chi connectivity index (χ0) is 20.1. The van der Waals surface area contributed by atoms with E-state index in [0.29, 0.717) is 27.3 Å². The number of amides is 2. The molecular formula is C20H19N3O4S. The number of hydrogen-bond acceptors (Lipinski definition) is 6. The number of carbonyl (C=O) groups excluding carboxylic acids is 2. The number of primary amides is 1. The fraction of sp³-hybridized carbons (Fsp3) is 0.150. The molecule has 1 aliphatic heterocycles. The number of nitrogens with zero attached hydrogens (tertiary/aromatic N) is 1. The van der Waals surface area contributed by atoms with E-state index < -0.39 is 5.91 Å². The smallest absolute Gasteiger partial charge is 0.264 e. The van der Waals surface area contributed by atoms with E-state index in [4.69, 9.17) is 15.2 Å². The molecule has 3 rings (SSSR count). The number of benzene rings is 2. The highest BCUT2D eigenvalue weighted by Crippen LogP contribution is 2.33. The van der Waals surface area contributed by atoms with Crippen LogP contribution >= 0.6 is 11.8 Å². The Hall–Kier alpha value is -3.26. The Morgan fingerprint density at radius 1 is 1.25 bits per heavy atom. The molecule has 0 unspecified atom stereocenters. The summed E-state index contributed by atoms with van der Waals surface area (Å²) in [4.78, 5) is 28.0. The number of aliphatic imine (C=N–C) groups is 1. The lowest BCUT2D eigenvalue weighted by Gasteiger charge is -2.05. The molecule has 0 radical (unpaired) electrons. The molecule has 1 saturated heterocycles. The van der Waals surface area contributed by atoms with Gasteiger partial charge in [0.05, 0.1) is 12.0 Å². The molecule has 0 bridgehead atoms. The van der Waals surface area contributed by atoms with Crippen LogP contribution in [0, 0.1) is 6.92 Å². The first-order chi connectivity index (χ1) is 13.4. The molecular weight excluding hydrogens is 378 g/mol. The molecule has 2 aromatic rings. The summed E-state index contributed by atoms with van der Waals surface area (Å²) < 4.78 is 10.5. The van der Waals surface area contributed by atoms with Crippen LogP contribution in [0.5, 0.6) is 11.5 Å². The molecule has 28 heavy (non-hydrogen) atoms. The van der Waals surface area contributed by atoms with Gasteiger partial charge >= 0.3 is 0 Å². The van der Waals surface area contributed by atoms with Crippen molar-refractivity contribution in [2.45, 2.75) is 6.92 Å². The van der Waals surface area contributed by atoms with Gasteiger partial charge in [-0.3, -0.25) is 9.59 Å². The highest BCUT2D eigenvalue weighted by atomic mass is 32.2. The summed E-state index contributed by atoms with van der Waals surface area (Å²) >= 11 is 1.25. The van der Waals surface area contributed by atoms with Crippen LogP contribution in [0.3, 0.4) is 0 Å². The largest absolute Gasteiger partial charge is 0.494 e. The third-order valence-corrected chi connectivity index (χ3v) is 4.68. The number of aryl methyl sites for hydroxylation is 1. The number of nitrogens with two attached hydrogens (primary N) is 1. The number of nitrogens with one attached hydrogen (secondary N) is 1. The second kappa shape index (κ2) is 8.62. The van der Waals surface area contributed by atoms with Crippen molar-refractivity contribution in [3.05, 3.63) is 58.5 Å². The summed E-state index contributed by atoms with van der Waals surface area (Å²) in [7, 11) is 1.58. The van der Waals surface area contributed by atoms with E-state index in [2.05, 4.69) is 10.3 Å². The van der Waals surface area contributed by atoms with Gasteiger partial charge in [-0.1, -0.05) is 18.2 Å². The highest BCUT2D eigenvalue weighted by molar-refractivity contribution is 8.18. The van der Waals surface area contributed by atoms with Crippen molar-refractivity contribution in [3.63, 3.8) is 0 Å². The molecule has 2 amide bonds. The summed E-state index contributed by atoms with van der Waals surface area (Å²) in [6, 6.07) is 12.7. The van der Waals surface area contributed by atoms with Gasteiger partial charge in [-0.15, -0.1) is 0 Å². The molecule has 7 nitrogen and oxygen atoms in total. The van der Waals surface area contributed by atoms with Gasteiger partial charge in [-0.25, -0.2) is 4.99 Å². The van der Waals surface area contributed by atoms with Crippen molar-refractivity contribution in [1.29, 1.82) is 0 Å². The van der Waals surface area contributed by atoms with Crippen molar-refractivity contribution in [1.82, 2.24) is 5.32 Å². The number of carbonyl (C=O) groups is 2. The standard InChI is InChI=1S/C20H19N3O4S/c1-12-3-8-16(26-2)15(9-12)22-20-23-19(25)17(28-20)10-13-4-6-14(7-5-13)27-11-18(21)24/h3-10H,11H2,1-2H3,(H2,21,24)(H,22,23,25)/b17-10-. The molecule has 0 saturated carbocycles. The molecule has 0 aromatic heterocycles. The average molecular weight is 397 g/mol. The first-order valence-corrected chi connectivity index (χ1v) is 9.21. The fourth-order valence-corrected chi connectivity index (χ4v) is 3.28. The minimum Gasteiger partial charge on any atom is -0.494 e. The summed E-state index contributed by atoms with van der Waals surface area (Å²) in [5.74, 6) is 0.405. The predicted octanol–water partition coefficient (Wildman–Crippen LogP) is 2.76. The topological polar surface area (TPSA) is 103 Å². The lowest BCUT2D eigenvalue weighted by molar-refractivity contribution is -0.120. The normalized spacial score (nSPS) is 16.3. The lowest BCUT2D eigenvalue weighted by atomic mass is 10.2. The Labute approximate surface area is 166 Å². The molecule has 144 valence electrons. The third kappa shape index (κ3) is 4.92. The van der Waals surface area contributed by atoms with E-state index in [-0.39, 0.29) is 12.5 Å². The second-order valence-corrected chi connectivity index (χ2v) is 7.01. The van der Waals surface area contributed by atoms with Crippen LogP contribution in [0.2, 0.25) is 0 Å². The number of rotatable bonds is 6. The SMILES string of the molecule is COc1ccc(C)cc1N=C1NC(=O)/C(=C/c2ccc(OCC(N)=O)cc2)S1. The number of methoxy groups -OCH3 is 1. The number of thioether (sulfide) groups is 1. The monoisotopic (exact) mass is 397 g/mol. The highest BCUT2D eigenvalue weighted by Gasteiger charge is 2.24. The van der Waals surface area contributed by atoms with Gasteiger partial charge in [0.1, 0.15) is 17.2 Å². The molecule has 0 atom stereocenters. The minimum atomic E-state index is -0.540. The maximum Gasteiger partial charge on any atom is 0.264 e. The molecule has 1 aliphatic rings. The van der Waals surface area contributed by atoms with Gasteiger partial charge in [-0.2, -0.15) is 0 Å². The minimum absolute atomic E-state index is 0.180. The Morgan fingerprint density at radius 2 is 2.00 bits per heavy atom. The second-order valence-electron chi connectivity index (χ2n) is 5.98. The first kappa shape index (κ1) is 19.5. The van der Waals surface area contributed by atoms with Crippen molar-refractivity contribution in [2.24, 2.45) is 10.7 Å². The van der Waals surface area contributed by atoms with Gasteiger partial charge in [0.15, 0.2) is 11.8 Å². The van der Waals surface area contributed by atoms with Crippen LogP contribution in [0.4, 0.5) is 5.69 Å². The Morgan fingerprint density at radius 3 is 2.68 bits per heavy atom. The van der Waals surface area contributed by atoms with Gasteiger partial charge in [0.25, 0.3) is 11.8 Å². The van der Waals surface area contributed by atoms with E-state index in [0.717, 1.165) is 11.1 Å². The summed E-state index contributed by atoms with van der Waals surface area (Å²) in [6.07, 6.45) is 1.76. The van der Waals surface area contributed by atoms with Crippen LogP contribution in [0.15, 0.2) is 52.4 Å². The number of ether oxygens (including phenoxy) is 2. The summed E-state index contributed by atoms with van der Waals surface area (Å²) in [6.45, 7) is 1.78. The van der Waals surface area contributed by atoms with Crippen molar-refractivity contribution < 1.29 is 19.1 Å². The van der Waals surface area contributed by atoms with Gasteiger partial charge in [-0.05, 0) is 60.2 Å². The zero-order valence-corrected chi connectivity index (χ0v) is 16.2. The van der Waals surface area contributed by atoms with Gasteiger partial charge in [0, 0.05) is 0 Å². The Kier molecular flexibility index (Phi) is 6.00. The van der Waals surface area contributed by atoms with Crippen LogP contribution in [-0.4, -0.2) is 30.7 Å². The van der Waals surface area contributed by atoms with Crippen LogP contribution in [0.1, 0.15) is 11.1 Å². The Balaban J connectivity index is 1.75. The van der Waals surface area contributed by atoms with Crippen molar-refractivity contribution in [2.75, 3.05) is 13.7 Å². The van der Waals surface area contributed by atoms with Crippen molar-refractivity contribution in [3.8, 4) is 11.5 Å². The Bertz CT molecular complexity index is 968. The molecule has 3 N–H and O–H groups in total. The summed E-state index contributed by atoms with van der Waals surface area (Å²) in [5.41, 5.74) is 7.57. The van der Waals surface area contributed by atoms with E-state index in [9.17, 15) is 9.59 Å². The number of amidine groups is 1. The molecule has 1 heterocycles. The lowest BCUT2D eigenvalue weighted by Crippen LogP contribution is -2.20. The average Bonchev–Trinajstić information content (AvgIpc) is 3.00. The van der Waals surface area contributed by atoms with E-state index in [1.165, 1.54) is 11.8 Å². The fourth-order valence-electron chi connectivity index (χ4n) is 2.44. The van der Waals surface area contributed by atoms with Crippen LogP contribution < -0.4 is 20.5 Å².